The average molecular weight is 306 g/mol. The lowest BCUT2D eigenvalue weighted by atomic mass is 10.2. The summed E-state index contributed by atoms with van der Waals surface area (Å²) < 4.78 is 4.30. The number of carbonyl (C=O) groups excluding carboxylic acids is 1. The van der Waals surface area contributed by atoms with Gasteiger partial charge in [0.15, 0.2) is 0 Å². The highest BCUT2D eigenvalue weighted by molar-refractivity contribution is 7.99. The number of amides is 1. The summed E-state index contributed by atoms with van der Waals surface area (Å²) in [5, 5.41) is 0. The van der Waals surface area contributed by atoms with E-state index in [4.69, 9.17) is 5.73 Å². The molecular weight excluding hydrogens is 292 g/mol. The van der Waals surface area contributed by atoms with Gasteiger partial charge in [-0.1, -0.05) is 6.07 Å². The van der Waals surface area contributed by atoms with Gasteiger partial charge in [0, 0.05) is 30.8 Å². The van der Waals surface area contributed by atoms with Crippen LogP contribution >= 0.6 is 23.3 Å². The Labute approximate surface area is 125 Å². The third-order valence-electron chi connectivity index (χ3n) is 3.13. The van der Waals surface area contributed by atoms with Gasteiger partial charge in [0.1, 0.15) is 10.6 Å². The van der Waals surface area contributed by atoms with E-state index in [1.807, 2.05) is 34.9 Å². The normalized spacial score (nSPS) is 15.3. The number of nitrogens with zero attached hydrogens (tertiary/aromatic N) is 3. The van der Waals surface area contributed by atoms with Crippen LogP contribution < -0.4 is 5.73 Å². The largest absolute Gasteiger partial charge is 0.396 e. The summed E-state index contributed by atoms with van der Waals surface area (Å²) in [4.78, 5) is 19.1. The molecule has 0 spiro atoms. The highest BCUT2D eigenvalue weighted by atomic mass is 32.2. The first kappa shape index (κ1) is 13.4. The number of thioether (sulfide) groups is 1. The fraction of sp³-hybridized carbons (Fsp3) is 0.308. The molecule has 20 heavy (non-hydrogen) atoms. The zero-order valence-corrected chi connectivity index (χ0v) is 12.4. The van der Waals surface area contributed by atoms with Gasteiger partial charge in [-0.3, -0.25) is 9.78 Å². The van der Waals surface area contributed by atoms with Crippen LogP contribution in [0.5, 0.6) is 0 Å². The van der Waals surface area contributed by atoms with E-state index in [0.717, 1.165) is 36.1 Å². The highest BCUT2D eigenvalue weighted by Gasteiger charge is 2.24. The van der Waals surface area contributed by atoms with Crippen molar-refractivity contribution in [3.8, 4) is 11.4 Å². The van der Waals surface area contributed by atoms with E-state index in [2.05, 4.69) is 9.36 Å². The second-order valence-corrected chi connectivity index (χ2v) is 6.39. The quantitative estimate of drug-likeness (QED) is 0.918. The molecule has 0 atom stereocenters. The van der Waals surface area contributed by atoms with E-state index in [9.17, 15) is 4.79 Å². The summed E-state index contributed by atoms with van der Waals surface area (Å²) in [6.45, 7) is 1.56. The van der Waals surface area contributed by atoms with Crippen molar-refractivity contribution in [2.75, 3.05) is 30.3 Å². The van der Waals surface area contributed by atoms with E-state index >= 15 is 0 Å². The van der Waals surface area contributed by atoms with Gasteiger partial charge in [-0.2, -0.15) is 16.1 Å². The molecule has 1 fully saturated rings. The standard InChI is InChI=1S/C13H14N4OS2/c14-10-11(9-3-1-2-4-15-9)16-20-12(10)13(18)17-5-7-19-8-6-17/h1-4H,5-8,14H2. The number of rotatable bonds is 2. The molecule has 2 aromatic rings. The Morgan fingerprint density at radius 2 is 2.10 bits per heavy atom. The summed E-state index contributed by atoms with van der Waals surface area (Å²) in [6.07, 6.45) is 1.69. The Hall–Kier alpha value is -1.60. The van der Waals surface area contributed by atoms with Gasteiger partial charge in [-0.15, -0.1) is 0 Å². The minimum absolute atomic E-state index is 0.0116. The van der Waals surface area contributed by atoms with Crippen molar-refractivity contribution in [1.29, 1.82) is 0 Å². The van der Waals surface area contributed by atoms with Crippen LogP contribution in [0.2, 0.25) is 0 Å². The first-order valence-electron chi connectivity index (χ1n) is 6.31. The third-order valence-corrected chi connectivity index (χ3v) is 4.92. The number of nitrogens with two attached hydrogens (primary N) is 1. The van der Waals surface area contributed by atoms with Crippen LogP contribution in [0.15, 0.2) is 24.4 Å². The second kappa shape index (κ2) is 5.80. The molecule has 2 aromatic heterocycles. The van der Waals surface area contributed by atoms with E-state index in [1.54, 1.807) is 6.20 Å². The van der Waals surface area contributed by atoms with E-state index in [0.29, 0.717) is 22.0 Å². The second-order valence-electron chi connectivity index (χ2n) is 4.39. The van der Waals surface area contributed by atoms with E-state index in [-0.39, 0.29) is 5.91 Å². The number of aromatic nitrogens is 2. The van der Waals surface area contributed by atoms with Crippen molar-refractivity contribution in [2.45, 2.75) is 0 Å². The monoisotopic (exact) mass is 306 g/mol. The first-order chi connectivity index (χ1) is 9.77. The maximum absolute atomic E-state index is 12.5. The van der Waals surface area contributed by atoms with Gasteiger partial charge in [0.2, 0.25) is 0 Å². The Morgan fingerprint density at radius 1 is 1.30 bits per heavy atom. The molecule has 0 aliphatic carbocycles. The zero-order valence-electron chi connectivity index (χ0n) is 10.8. The van der Waals surface area contributed by atoms with Crippen molar-refractivity contribution in [3.63, 3.8) is 0 Å². The Bertz CT molecular complexity index is 608. The number of hydrogen-bond donors (Lipinski definition) is 1. The van der Waals surface area contributed by atoms with E-state index < -0.39 is 0 Å². The van der Waals surface area contributed by atoms with Gasteiger partial charge in [-0.05, 0) is 23.7 Å². The van der Waals surface area contributed by atoms with Gasteiger partial charge in [0.05, 0.1) is 11.4 Å². The molecule has 0 bridgehead atoms. The third kappa shape index (κ3) is 2.51. The summed E-state index contributed by atoms with van der Waals surface area (Å²) in [7, 11) is 0. The Kier molecular flexibility index (Phi) is 3.88. The molecule has 0 aromatic carbocycles. The van der Waals surface area contributed by atoms with Gasteiger partial charge in [0.25, 0.3) is 5.91 Å². The molecule has 104 valence electrons. The molecule has 7 heteroatoms. The molecule has 0 saturated carbocycles. The predicted molar refractivity (Wildman–Crippen MR) is 83.0 cm³/mol. The molecule has 3 rings (SSSR count). The van der Waals surface area contributed by atoms with Crippen LogP contribution in [0, 0.1) is 0 Å². The minimum Gasteiger partial charge on any atom is -0.396 e. The SMILES string of the molecule is Nc1c(-c2ccccn2)nsc1C(=O)N1CCSCC1. The zero-order chi connectivity index (χ0) is 13.9. The summed E-state index contributed by atoms with van der Waals surface area (Å²) in [6, 6.07) is 5.56. The lowest BCUT2D eigenvalue weighted by Gasteiger charge is -2.25. The van der Waals surface area contributed by atoms with Crippen molar-refractivity contribution in [2.24, 2.45) is 0 Å². The number of nitrogen functional groups attached to an aromatic ring is 1. The van der Waals surface area contributed by atoms with Crippen molar-refractivity contribution in [3.05, 3.63) is 29.3 Å². The summed E-state index contributed by atoms with van der Waals surface area (Å²) in [5.41, 5.74) is 7.85. The van der Waals surface area contributed by atoms with Crippen molar-refractivity contribution >= 4 is 34.9 Å². The molecule has 2 N–H and O–H groups in total. The van der Waals surface area contributed by atoms with Crippen LogP contribution in [-0.4, -0.2) is 44.8 Å². The van der Waals surface area contributed by atoms with Crippen LogP contribution in [0.25, 0.3) is 11.4 Å². The molecule has 5 nitrogen and oxygen atoms in total. The van der Waals surface area contributed by atoms with Crippen LogP contribution in [0.4, 0.5) is 5.69 Å². The van der Waals surface area contributed by atoms with Crippen LogP contribution in [-0.2, 0) is 0 Å². The fourth-order valence-electron chi connectivity index (χ4n) is 2.05. The Morgan fingerprint density at radius 3 is 2.80 bits per heavy atom. The summed E-state index contributed by atoms with van der Waals surface area (Å²) >= 11 is 3.03. The van der Waals surface area contributed by atoms with E-state index in [1.165, 1.54) is 0 Å². The molecule has 0 radical (unpaired) electrons. The number of anilines is 1. The average Bonchev–Trinajstić information content (AvgIpc) is 2.90. The topological polar surface area (TPSA) is 72.1 Å². The minimum atomic E-state index is -0.0116. The lowest BCUT2D eigenvalue weighted by molar-refractivity contribution is 0.0778. The molecule has 3 heterocycles. The molecule has 1 aliphatic heterocycles. The maximum Gasteiger partial charge on any atom is 0.267 e. The first-order valence-corrected chi connectivity index (χ1v) is 8.24. The number of hydrogen-bond acceptors (Lipinski definition) is 6. The molecule has 1 amide bonds. The maximum atomic E-state index is 12.5. The number of carbonyl (C=O) groups is 1. The van der Waals surface area contributed by atoms with Gasteiger partial charge >= 0.3 is 0 Å². The fourth-order valence-corrected chi connectivity index (χ4v) is 3.73. The molecule has 1 saturated heterocycles. The van der Waals surface area contributed by atoms with Crippen molar-refractivity contribution < 1.29 is 4.79 Å². The predicted octanol–water partition coefficient (Wildman–Crippen LogP) is 1.98. The van der Waals surface area contributed by atoms with Gasteiger partial charge in [-0.25, -0.2) is 0 Å². The van der Waals surface area contributed by atoms with Crippen LogP contribution in [0.1, 0.15) is 9.67 Å². The Balaban J connectivity index is 1.88. The van der Waals surface area contributed by atoms with Crippen LogP contribution in [0.3, 0.4) is 0 Å². The molecule has 0 unspecified atom stereocenters. The summed E-state index contributed by atoms with van der Waals surface area (Å²) in [5.74, 6) is 1.96. The highest BCUT2D eigenvalue weighted by Crippen LogP contribution is 2.30. The molecule has 1 aliphatic rings. The van der Waals surface area contributed by atoms with Crippen molar-refractivity contribution in [1.82, 2.24) is 14.3 Å². The lowest BCUT2D eigenvalue weighted by Crippen LogP contribution is -2.37. The van der Waals surface area contributed by atoms with Gasteiger partial charge < -0.3 is 10.6 Å². The smallest absolute Gasteiger partial charge is 0.267 e. The number of pyridine rings is 1. The molecular formula is C13H14N4OS2.